The molecular weight excluding hydrogens is 239 g/mol. The van der Waals surface area contributed by atoms with Gasteiger partial charge in [-0.1, -0.05) is 32.9 Å². The Morgan fingerprint density at radius 2 is 1.53 bits per heavy atom. The molecule has 0 spiro atoms. The molecule has 0 bridgehead atoms. The summed E-state index contributed by atoms with van der Waals surface area (Å²) < 4.78 is 0. The van der Waals surface area contributed by atoms with E-state index in [-0.39, 0.29) is 0 Å². The van der Waals surface area contributed by atoms with E-state index in [0.29, 0.717) is 5.46 Å². The molecule has 2 N–H and O–H groups in total. The van der Waals surface area contributed by atoms with Crippen LogP contribution in [0.2, 0.25) is 0 Å². The SMILES string of the molecule is CC.CCN1CCN(c2ccc(B(O)O)cc2)CC1. The number of piperazine rings is 1. The van der Waals surface area contributed by atoms with Gasteiger partial charge >= 0.3 is 7.12 Å². The monoisotopic (exact) mass is 264 g/mol. The Balaban J connectivity index is 0.000000861. The largest absolute Gasteiger partial charge is 0.488 e. The Labute approximate surface area is 116 Å². The minimum Gasteiger partial charge on any atom is -0.423 e. The molecule has 0 amide bonds. The summed E-state index contributed by atoms with van der Waals surface area (Å²) in [4.78, 5) is 4.77. The highest BCUT2D eigenvalue weighted by Gasteiger charge is 2.16. The zero-order chi connectivity index (χ0) is 14.3. The van der Waals surface area contributed by atoms with Crippen molar-refractivity contribution in [2.24, 2.45) is 0 Å². The van der Waals surface area contributed by atoms with E-state index in [4.69, 9.17) is 10.0 Å². The molecule has 0 radical (unpaired) electrons. The first kappa shape index (κ1) is 16.0. The molecule has 1 aromatic carbocycles. The van der Waals surface area contributed by atoms with Crippen molar-refractivity contribution in [1.82, 2.24) is 4.90 Å². The van der Waals surface area contributed by atoms with Gasteiger partial charge in [-0.3, -0.25) is 0 Å². The maximum Gasteiger partial charge on any atom is 0.488 e. The lowest BCUT2D eigenvalue weighted by Gasteiger charge is -2.35. The van der Waals surface area contributed by atoms with Gasteiger partial charge in [0.1, 0.15) is 0 Å². The molecule has 1 fully saturated rings. The lowest BCUT2D eigenvalue weighted by atomic mass is 9.80. The average molecular weight is 264 g/mol. The van der Waals surface area contributed by atoms with Crippen molar-refractivity contribution >= 4 is 18.3 Å². The third-order valence-electron chi connectivity index (χ3n) is 3.38. The van der Waals surface area contributed by atoms with Gasteiger partial charge in [0.05, 0.1) is 0 Å². The Morgan fingerprint density at radius 3 is 1.95 bits per heavy atom. The van der Waals surface area contributed by atoms with Crippen LogP contribution >= 0.6 is 0 Å². The summed E-state index contributed by atoms with van der Waals surface area (Å²) >= 11 is 0. The summed E-state index contributed by atoms with van der Waals surface area (Å²) in [7, 11) is -1.37. The van der Waals surface area contributed by atoms with Crippen molar-refractivity contribution in [3.63, 3.8) is 0 Å². The Hall–Kier alpha value is -1.04. The van der Waals surface area contributed by atoms with Crippen LogP contribution < -0.4 is 10.4 Å². The molecule has 5 heteroatoms. The molecule has 106 valence electrons. The lowest BCUT2D eigenvalue weighted by molar-refractivity contribution is 0.271. The predicted molar refractivity (Wildman–Crippen MR) is 81.9 cm³/mol. The predicted octanol–water partition coefficient (Wildman–Crippen LogP) is 0.534. The van der Waals surface area contributed by atoms with Gasteiger partial charge < -0.3 is 19.8 Å². The normalized spacial score (nSPS) is 15.7. The molecule has 0 unspecified atom stereocenters. The van der Waals surface area contributed by atoms with Crippen molar-refractivity contribution in [3.05, 3.63) is 24.3 Å². The van der Waals surface area contributed by atoms with Crippen LogP contribution in [0.3, 0.4) is 0 Å². The minimum absolute atomic E-state index is 0.543. The summed E-state index contributed by atoms with van der Waals surface area (Å²) in [5.74, 6) is 0. The van der Waals surface area contributed by atoms with Crippen LogP contribution in [0.4, 0.5) is 5.69 Å². The topological polar surface area (TPSA) is 46.9 Å². The Kier molecular flexibility index (Phi) is 6.91. The van der Waals surface area contributed by atoms with Crippen LogP contribution in [0.5, 0.6) is 0 Å². The van der Waals surface area contributed by atoms with E-state index in [2.05, 4.69) is 16.7 Å². The van der Waals surface area contributed by atoms with E-state index in [1.165, 1.54) is 0 Å². The number of hydrogen-bond acceptors (Lipinski definition) is 4. The smallest absolute Gasteiger partial charge is 0.423 e. The van der Waals surface area contributed by atoms with E-state index in [1.807, 2.05) is 26.0 Å². The highest BCUT2D eigenvalue weighted by Crippen LogP contribution is 2.14. The molecule has 0 atom stereocenters. The number of hydrogen-bond donors (Lipinski definition) is 2. The van der Waals surface area contributed by atoms with Crippen molar-refractivity contribution in [2.45, 2.75) is 20.8 Å². The second kappa shape index (κ2) is 8.20. The zero-order valence-corrected chi connectivity index (χ0v) is 12.2. The molecule has 1 aromatic rings. The molecule has 0 saturated carbocycles. The number of nitrogens with zero attached hydrogens (tertiary/aromatic N) is 2. The van der Waals surface area contributed by atoms with Crippen molar-refractivity contribution in [1.29, 1.82) is 0 Å². The number of rotatable bonds is 3. The highest BCUT2D eigenvalue weighted by molar-refractivity contribution is 6.58. The van der Waals surface area contributed by atoms with E-state index in [9.17, 15) is 0 Å². The molecule has 1 aliphatic rings. The van der Waals surface area contributed by atoms with Gasteiger partial charge in [-0.15, -0.1) is 0 Å². The fourth-order valence-electron chi connectivity index (χ4n) is 2.18. The van der Waals surface area contributed by atoms with E-state index < -0.39 is 7.12 Å². The fourth-order valence-corrected chi connectivity index (χ4v) is 2.18. The standard InChI is InChI=1S/C12H19BN2O2.C2H6/c1-2-14-7-9-15(10-8-14)12-5-3-11(4-6-12)13(16)17;1-2/h3-6,16-17H,2,7-10H2,1H3;1-2H3. The molecule has 0 aromatic heterocycles. The molecule has 1 aliphatic heterocycles. The quantitative estimate of drug-likeness (QED) is 0.782. The minimum atomic E-state index is -1.37. The molecule has 2 rings (SSSR count). The Bertz CT molecular complexity index is 349. The van der Waals surface area contributed by atoms with Crippen molar-refractivity contribution in [3.8, 4) is 0 Å². The van der Waals surface area contributed by atoms with Crippen LogP contribution in [0.25, 0.3) is 0 Å². The first-order chi connectivity index (χ1) is 9.20. The van der Waals surface area contributed by atoms with Gasteiger partial charge in [-0.2, -0.15) is 0 Å². The summed E-state index contributed by atoms with van der Waals surface area (Å²) in [6.45, 7) is 11.6. The maximum absolute atomic E-state index is 9.03. The number of likely N-dealkylation sites (N-methyl/N-ethyl adjacent to an activating group) is 1. The molecule has 0 aliphatic carbocycles. The first-order valence-corrected chi connectivity index (χ1v) is 7.14. The average Bonchev–Trinajstić information content (AvgIpc) is 2.49. The summed E-state index contributed by atoms with van der Waals surface area (Å²) in [5.41, 5.74) is 1.70. The van der Waals surface area contributed by atoms with E-state index in [1.54, 1.807) is 12.1 Å². The van der Waals surface area contributed by atoms with Crippen LogP contribution in [0.15, 0.2) is 24.3 Å². The third kappa shape index (κ3) is 4.53. The van der Waals surface area contributed by atoms with Crippen LogP contribution in [-0.2, 0) is 0 Å². The van der Waals surface area contributed by atoms with Gasteiger partial charge in [0.25, 0.3) is 0 Å². The van der Waals surface area contributed by atoms with Gasteiger partial charge in [-0.25, -0.2) is 0 Å². The summed E-state index contributed by atoms with van der Waals surface area (Å²) in [5, 5.41) is 18.1. The van der Waals surface area contributed by atoms with Crippen LogP contribution in [0.1, 0.15) is 20.8 Å². The third-order valence-corrected chi connectivity index (χ3v) is 3.38. The summed E-state index contributed by atoms with van der Waals surface area (Å²) in [6.07, 6.45) is 0. The Morgan fingerprint density at radius 1 is 1.00 bits per heavy atom. The second-order valence-electron chi connectivity index (χ2n) is 4.39. The van der Waals surface area contributed by atoms with E-state index >= 15 is 0 Å². The van der Waals surface area contributed by atoms with Gasteiger partial charge in [0.2, 0.25) is 0 Å². The number of benzene rings is 1. The second-order valence-corrected chi connectivity index (χ2v) is 4.39. The fraction of sp³-hybridized carbons (Fsp3) is 0.571. The molecule has 4 nitrogen and oxygen atoms in total. The van der Waals surface area contributed by atoms with Gasteiger partial charge in [0.15, 0.2) is 0 Å². The maximum atomic E-state index is 9.03. The highest BCUT2D eigenvalue weighted by atomic mass is 16.4. The molecule has 19 heavy (non-hydrogen) atoms. The molecule has 1 saturated heterocycles. The van der Waals surface area contributed by atoms with Crippen molar-refractivity contribution in [2.75, 3.05) is 37.6 Å². The van der Waals surface area contributed by atoms with Crippen LogP contribution in [-0.4, -0.2) is 54.8 Å². The number of anilines is 1. The van der Waals surface area contributed by atoms with Crippen LogP contribution in [0, 0.1) is 0 Å². The zero-order valence-electron chi connectivity index (χ0n) is 12.2. The van der Waals surface area contributed by atoms with E-state index in [0.717, 1.165) is 38.4 Å². The molecule has 1 heterocycles. The molecular formula is C14H25BN2O2. The first-order valence-electron chi connectivity index (χ1n) is 7.14. The van der Waals surface area contributed by atoms with Gasteiger partial charge in [0, 0.05) is 31.9 Å². The summed E-state index contributed by atoms with van der Waals surface area (Å²) in [6, 6.07) is 7.45. The van der Waals surface area contributed by atoms with Crippen molar-refractivity contribution < 1.29 is 10.0 Å². The van der Waals surface area contributed by atoms with Gasteiger partial charge in [-0.05, 0) is 24.1 Å². The lowest BCUT2D eigenvalue weighted by Crippen LogP contribution is -2.46.